The maximum Gasteiger partial charge on any atom is 0.203 e. The average molecular weight is 493 g/mol. The topological polar surface area (TPSA) is 93.4 Å². The van der Waals surface area contributed by atoms with Crippen LogP contribution in [0.1, 0.15) is 0 Å². The average Bonchev–Trinajstić information content (AvgIpc) is 3.37. The third kappa shape index (κ3) is 4.43. The van der Waals surface area contributed by atoms with Gasteiger partial charge in [0.2, 0.25) is 5.75 Å². The van der Waals surface area contributed by atoms with Crippen LogP contribution in [0.4, 0.5) is 0 Å². The van der Waals surface area contributed by atoms with Crippen molar-refractivity contribution in [2.45, 2.75) is 0 Å². The first-order chi connectivity index (χ1) is 17.5. The summed E-state index contributed by atoms with van der Waals surface area (Å²) >= 11 is 0. The molecule has 0 aliphatic heterocycles. The lowest BCUT2D eigenvalue weighted by atomic mass is 10.0. The van der Waals surface area contributed by atoms with E-state index in [0.717, 1.165) is 5.56 Å². The Morgan fingerprint density at radius 2 is 1.25 bits per heavy atom. The van der Waals surface area contributed by atoms with Gasteiger partial charge < -0.3 is 33.5 Å². The van der Waals surface area contributed by atoms with Crippen molar-refractivity contribution in [2.75, 3.05) is 42.7 Å². The van der Waals surface area contributed by atoms with Gasteiger partial charge in [-0.3, -0.25) is 4.57 Å². The molecule has 1 aromatic heterocycles. The smallest absolute Gasteiger partial charge is 0.203 e. The normalized spacial score (nSPS) is 10.6. The van der Waals surface area contributed by atoms with Gasteiger partial charge in [-0.1, -0.05) is 0 Å². The minimum absolute atomic E-state index is 0.00168. The van der Waals surface area contributed by atoms with Crippen LogP contribution in [-0.4, -0.2) is 57.3 Å². The number of benzene rings is 3. The summed E-state index contributed by atoms with van der Waals surface area (Å²) in [5.41, 5.74) is 3.53. The molecule has 4 rings (SSSR count). The summed E-state index contributed by atoms with van der Waals surface area (Å²) in [5, 5.41) is 10.6. The number of methoxy groups -OCH3 is 6. The lowest BCUT2D eigenvalue weighted by Gasteiger charge is -2.17. The van der Waals surface area contributed by atoms with Crippen molar-refractivity contribution in [1.82, 2.24) is 9.55 Å². The standard InChI is InChI=1S/C27H28N2O7/c1-31-19-9-17(10-20(14-19)32-2)25-26(16-7-8-22(33-3)21(30)11-16)29(15-28-25)18-12-23(34-4)27(36-6)24(13-18)35-5/h7-15,30H,1-6H3. The number of aromatic hydroxyl groups is 1. The molecule has 0 bridgehead atoms. The lowest BCUT2D eigenvalue weighted by molar-refractivity contribution is 0.324. The van der Waals surface area contributed by atoms with Crippen LogP contribution >= 0.6 is 0 Å². The zero-order chi connectivity index (χ0) is 25.8. The van der Waals surface area contributed by atoms with Gasteiger partial charge in [-0.2, -0.15) is 0 Å². The minimum Gasteiger partial charge on any atom is -0.504 e. The molecule has 0 spiro atoms. The van der Waals surface area contributed by atoms with Crippen molar-refractivity contribution in [1.29, 1.82) is 0 Å². The zero-order valence-corrected chi connectivity index (χ0v) is 21.0. The molecule has 1 heterocycles. The molecule has 3 aromatic carbocycles. The molecule has 0 fully saturated rings. The van der Waals surface area contributed by atoms with Crippen molar-refractivity contribution in [2.24, 2.45) is 0 Å². The SMILES string of the molecule is COc1cc(OC)cc(-c2ncn(-c3cc(OC)c(OC)c(OC)c3)c2-c2ccc(OC)c(O)c2)c1. The molecule has 0 aliphatic carbocycles. The number of imidazole rings is 1. The van der Waals surface area contributed by atoms with Crippen LogP contribution in [0, 0.1) is 0 Å². The van der Waals surface area contributed by atoms with Gasteiger partial charge >= 0.3 is 0 Å². The Morgan fingerprint density at radius 3 is 1.75 bits per heavy atom. The Bertz CT molecular complexity index is 1330. The number of hydrogen-bond donors (Lipinski definition) is 1. The largest absolute Gasteiger partial charge is 0.504 e. The highest BCUT2D eigenvalue weighted by molar-refractivity contribution is 5.82. The van der Waals surface area contributed by atoms with E-state index >= 15 is 0 Å². The van der Waals surface area contributed by atoms with E-state index < -0.39 is 0 Å². The maximum absolute atomic E-state index is 10.6. The number of hydrogen-bond acceptors (Lipinski definition) is 8. The summed E-state index contributed by atoms with van der Waals surface area (Å²) < 4.78 is 34.7. The number of phenolic OH excluding ortho intramolecular Hbond substituents is 1. The monoisotopic (exact) mass is 492 g/mol. The van der Waals surface area contributed by atoms with Gasteiger partial charge in [-0.25, -0.2) is 4.98 Å². The van der Waals surface area contributed by atoms with E-state index in [1.54, 1.807) is 60.1 Å². The fraction of sp³-hybridized carbons (Fsp3) is 0.222. The highest BCUT2D eigenvalue weighted by Crippen LogP contribution is 2.43. The molecule has 188 valence electrons. The van der Waals surface area contributed by atoms with Gasteiger partial charge in [0, 0.05) is 29.3 Å². The first-order valence-electron chi connectivity index (χ1n) is 11.0. The molecule has 0 radical (unpaired) electrons. The third-order valence-electron chi connectivity index (χ3n) is 5.77. The van der Waals surface area contributed by atoms with Crippen molar-refractivity contribution in [3.05, 3.63) is 54.9 Å². The van der Waals surface area contributed by atoms with E-state index in [9.17, 15) is 5.11 Å². The van der Waals surface area contributed by atoms with Gasteiger partial charge in [-0.05, 0) is 30.3 Å². The van der Waals surface area contributed by atoms with Crippen LogP contribution in [0.15, 0.2) is 54.9 Å². The van der Waals surface area contributed by atoms with Crippen LogP contribution in [-0.2, 0) is 0 Å². The molecule has 0 saturated heterocycles. The Hall–Kier alpha value is -4.53. The first kappa shape index (κ1) is 24.6. The van der Waals surface area contributed by atoms with Gasteiger partial charge in [0.05, 0.1) is 59.7 Å². The van der Waals surface area contributed by atoms with Crippen LogP contribution in [0.25, 0.3) is 28.2 Å². The first-order valence-corrected chi connectivity index (χ1v) is 11.0. The number of rotatable bonds is 9. The van der Waals surface area contributed by atoms with E-state index in [1.807, 2.05) is 34.9 Å². The molecular weight excluding hydrogens is 464 g/mol. The predicted molar refractivity (Wildman–Crippen MR) is 135 cm³/mol. The summed E-state index contributed by atoms with van der Waals surface area (Å²) in [6, 6.07) is 14.4. The Morgan fingerprint density at radius 1 is 0.639 bits per heavy atom. The van der Waals surface area contributed by atoms with Gasteiger partial charge in [0.25, 0.3) is 0 Å². The molecule has 9 nitrogen and oxygen atoms in total. The second-order valence-corrected chi connectivity index (χ2v) is 7.68. The quantitative estimate of drug-likeness (QED) is 0.350. The summed E-state index contributed by atoms with van der Waals surface area (Å²) in [4.78, 5) is 4.74. The van der Waals surface area contributed by atoms with Crippen LogP contribution in [0.5, 0.6) is 40.2 Å². The van der Waals surface area contributed by atoms with Crippen LogP contribution < -0.4 is 28.4 Å². The molecule has 0 atom stereocenters. The van der Waals surface area contributed by atoms with Crippen molar-refractivity contribution < 1.29 is 33.5 Å². The Kier molecular flexibility index (Phi) is 7.10. The summed E-state index contributed by atoms with van der Waals surface area (Å²) in [6.07, 6.45) is 1.69. The lowest BCUT2D eigenvalue weighted by Crippen LogP contribution is -2.01. The number of phenols is 1. The zero-order valence-electron chi connectivity index (χ0n) is 21.0. The third-order valence-corrected chi connectivity index (χ3v) is 5.77. The Labute approximate surface area is 209 Å². The Balaban J connectivity index is 2.02. The molecular formula is C27H28N2O7. The molecule has 0 amide bonds. The molecule has 0 saturated carbocycles. The van der Waals surface area contributed by atoms with Crippen LogP contribution in [0.3, 0.4) is 0 Å². The summed E-state index contributed by atoms with van der Waals surface area (Å²) in [7, 11) is 9.36. The highest BCUT2D eigenvalue weighted by atomic mass is 16.5. The van der Waals surface area contributed by atoms with Crippen molar-refractivity contribution in [3.63, 3.8) is 0 Å². The second kappa shape index (κ2) is 10.4. The number of ether oxygens (including phenoxy) is 6. The second-order valence-electron chi connectivity index (χ2n) is 7.68. The number of nitrogens with zero attached hydrogens (tertiary/aromatic N) is 2. The fourth-order valence-electron chi connectivity index (χ4n) is 4.02. The van der Waals surface area contributed by atoms with Crippen molar-refractivity contribution in [3.8, 4) is 68.4 Å². The molecule has 0 unspecified atom stereocenters. The molecule has 4 aromatic rings. The summed E-state index contributed by atoms with van der Waals surface area (Å²) in [6.45, 7) is 0. The van der Waals surface area contributed by atoms with Crippen LogP contribution in [0.2, 0.25) is 0 Å². The fourth-order valence-corrected chi connectivity index (χ4v) is 4.02. The van der Waals surface area contributed by atoms with E-state index in [0.29, 0.717) is 57.1 Å². The maximum atomic E-state index is 10.6. The predicted octanol–water partition coefficient (Wildman–Crippen LogP) is 4.96. The highest BCUT2D eigenvalue weighted by Gasteiger charge is 2.22. The molecule has 9 heteroatoms. The summed E-state index contributed by atoms with van der Waals surface area (Å²) in [5.74, 6) is 3.07. The number of aromatic nitrogens is 2. The minimum atomic E-state index is 0.00168. The van der Waals surface area contributed by atoms with E-state index in [4.69, 9.17) is 33.4 Å². The molecule has 36 heavy (non-hydrogen) atoms. The van der Waals surface area contributed by atoms with E-state index in [1.165, 1.54) is 7.11 Å². The van der Waals surface area contributed by atoms with E-state index in [2.05, 4.69) is 0 Å². The van der Waals surface area contributed by atoms with Crippen molar-refractivity contribution >= 4 is 0 Å². The van der Waals surface area contributed by atoms with Gasteiger partial charge in [0.15, 0.2) is 23.0 Å². The molecule has 1 N–H and O–H groups in total. The van der Waals surface area contributed by atoms with Gasteiger partial charge in [-0.15, -0.1) is 0 Å². The van der Waals surface area contributed by atoms with Gasteiger partial charge in [0.1, 0.15) is 17.8 Å². The molecule has 0 aliphatic rings. The van der Waals surface area contributed by atoms with E-state index in [-0.39, 0.29) is 5.75 Å².